The summed E-state index contributed by atoms with van der Waals surface area (Å²) in [6, 6.07) is 6.96. The fraction of sp³-hybridized carbons (Fsp3) is 0.667. The van der Waals surface area contributed by atoms with Gasteiger partial charge in [0, 0.05) is 17.9 Å². The normalized spacial score (nSPS) is 28.5. The van der Waals surface area contributed by atoms with Crippen LogP contribution in [0, 0.1) is 11.8 Å². The van der Waals surface area contributed by atoms with Crippen LogP contribution in [-0.2, 0) is 6.42 Å². The number of pyridine rings is 1. The van der Waals surface area contributed by atoms with Crippen molar-refractivity contribution in [1.82, 2.24) is 10.3 Å². The summed E-state index contributed by atoms with van der Waals surface area (Å²) in [6.45, 7) is 5.79. The molecule has 3 atom stereocenters. The van der Waals surface area contributed by atoms with E-state index in [-0.39, 0.29) is 0 Å². The predicted octanol–water partition coefficient (Wildman–Crippen LogP) is 3.04. The van der Waals surface area contributed by atoms with Gasteiger partial charge in [-0.2, -0.15) is 0 Å². The Bertz CT molecular complexity index is 323. The van der Waals surface area contributed by atoms with Crippen molar-refractivity contribution in [1.29, 1.82) is 0 Å². The highest BCUT2D eigenvalue weighted by Gasteiger charge is 2.32. The van der Waals surface area contributed by atoms with E-state index in [9.17, 15) is 0 Å². The molecule has 0 aliphatic heterocycles. The van der Waals surface area contributed by atoms with Gasteiger partial charge >= 0.3 is 0 Å². The van der Waals surface area contributed by atoms with Gasteiger partial charge in [-0.1, -0.05) is 19.9 Å². The maximum absolute atomic E-state index is 4.44. The van der Waals surface area contributed by atoms with E-state index >= 15 is 0 Å². The molecule has 1 N–H and O–H groups in total. The van der Waals surface area contributed by atoms with Crippen molar-refractivity contribution in [2.24, 2.45) is 11.8 Å². The SMILES string of the molecule is CCCNC1CCC(Cc2ccccn2)C1C. The van der Waals surface area contributed by atoms with Gasteiger partial charge in [-0.05, 0) is 56.2 Å². The summed E-state index contributed by atoms with van der Waals surface area (Å²) in [5, 5.41) is 3.68. The van der Waals surface area contributed by atoms with Crippen molar-refractivity contribution < 1.29 is 0 Å². The molecule has 1 heterocycles. The van der Waals surface area contributed by atoms with Crippen LogP contribution >= 0.6 is 0 Å². The van der Waals surface area contributed by atoms with Crippen LogP contribution in [0.5, 0.6) is 0 Å². The fourth-order valence-corrected chi connectivity index (χ4v) is 2.94. The van der Waals surface area contributed by atoms with Crippen molar-refractivity contribution >= 4 is 0 Å². The number of nitrogens with zero attached hydrogens (tertiary/aromatic N) is 1. The minimum atomic E-state index is 0.726. The highest BCUT2D eigenvalue weighted by atomic mass is 14.9. The van der Waals surface area contributed by atoms with Gasteiger partial charge in [-0.25, -0.2) is 0 Å². The molecule has 0 radical (unpaired) electrons. The summed E-state index contributed by atoms with van der Waals surface area (Å²) in [4.78, 5) is 4.44. The number of rotatable bonds is 5. The molecular formula is C15H24N2. The van der Waals surface area contributed by atoms with E-state index in [0.717, 1.165) is 30.8 Å². The quantitative estimate of drug-likeness (QED) is 0.844. The molecule has 94 valence electrons. The second kappa shape index (κ2) is 6.15. The lowest BCUT2D eigenvalue weighted by Crippen LogP contribution is -2.33. The van der Waals surface area contributed by atoms with Gasteiger partial charge in [0.2, 0.25) is 0 Å². The molecule has 0 saturated heterocycles. The zero-order chi connectivity index (χ0) is 12.1. The van der Waals surface area contributed by atoms with Gasteiger partial charge in [0.25, 0.3) is 0 Å². The zero-order valence-electron chi connectivity index (χ0n) is 11.0. The summed E-state index contributed by atoms with van der Waals surface area (Å²) >= 11 is 0. The molecule has 1 aromatic heterocycles. The monoisotopic (exact) mass is 232 g/mol. The minimum Gasteiger partial charge on any atom is -0.314 e. The fourth-order valence-electron chi connectivity index (χ4n) is 2.94. The molecule has 2 heteroatoms. The van der Waals surface area contributed by atoms with E-state index in [1.54, 1.807) is 0 Å². The molecule has 1 saturated carbocycles. The van der Waals surface area contributed by atoms with Crippen LogP contribution in [-0.4, -0.2) is 17.6 Å². The van der Waals surface area contributed by atoms with Crippen LogP contribution in [0.1, 0.15) is 38.8 Å². The first-order valence-corrected chi connectivity index (χ1v) is 6.94. The maximum Gasteiger partial charge on any atom is 0.0406 e. The highest BCUT2D eigenvalue weighted by Crippen LogP contribution is 2.33. The Balaban J connectivity index is 1.87. The standard InChI is InChI=1S/C15H24N2/c1-3-9-17-15-8-7-13(12(15)2)11-14-6-4-5-10-16-14/h4-6,10,12-13,15,17H,3,7-9,11H2,1-2H3. The summed E-state index contributed by atoms with van der Waals surface area (Å²) in [7, 11) is 0. The van der Waals surface area contributed by atoms with E-state index in [2.05, 4.69) is 36.3 Å². The van der Waals surface area contributed by atoms with E-state index < -0.39 is 0 Å². The molecule has 1 aliphatic carbocycles. The first kappa shape index (κ1) is 12.6. The molecular weight excluding hydrogens is 208 g/mol. The van der Waals surface area contributed by atoms with Crippen LogP contribution < -0.4 is 5.32 Å². The molecule has 2 rings (SSSR count). The van der Waals surface area contributed by atoms with Crippen molar-refractivity contribution in [3.05, 3.63) is 30.1 Å². The van der Waals surface area contributed by atoms with Crippen molar-refractivity contribution in [3.8, 4) is 0 Å². The number of nitrogens with one attached hydrogen (secondary N) is 1. The molecule has 1 aliphatic rings. The number of hydrogen-bond donors (Lipinski definition) is 1. The van der Waals surface area contributed by atoms with Crippen LogP contribution in [0.25, 0.3) is 0 Å². The number of aromatic nitrogens is 1. The summed E-state index contributed by atoms with van der Waals surface area (Å²) in [5.74, 6) is 1.59. The van der Waals surface area contributed by atoms with Gasteiger partial charge in [0.05, 0.1) is 0 Å². The second-order valence-corrected chi connectivity index (χ2v) is 5.28. The minimum absolute atomic E-state index is 0.726. The summed E-state index contributed by atoms with van der Waals surface area (Å²) < 4.78 is 0. The predicted molar refractivity (Wildman–Crippen MR) is 71.9 cm³/mol. The first-order valence-electron chi connectivity index (χ1n) is 6.94. The molecule has 17 heavy (non-hydrogen) atoms. The molecule has 2 nitrogen and oxygen atoms in total. The zero-order valence-corrected chi connectivity index (χ0v) is 11.0. The largest absolute Gasteiger partial charge is 0.314 e. The van der Waals surface area contributed by atoms with E-state index in [1.807, 2.05) is 12.3 Å². The Morgan fingerprint density at radius 1 is 1.35 bits per heavy atom. The van der Waals surface area contributed by atoms with Gasteiger partial charge in [-0.3, -0.25) is 4.98 Å². The average molecular weight is 232 g/mol. The average Bonchev–Trinajstić information content (AvgIpc) is 2.70. The topological polar surface area (TPSA) is 24.9 Å². The third-order valence-electron chi connectivity index (χ3n) is 4.08. The highest BCUT2D eigenvalue weighted by molar-refractivity contribution is 5.06. The van der Waals surface area contributed by atoms with Crippen LogP contribution in [0.4, 0.5) is 0 Å². The Labute approximate surface area is 105 Å². The molecule has 0 spiro atoms. The Kier molecular flexibility index (Phi) is 4.55. The Morgan fingerprint density at radius 2 is 2.24 bits per heavy atom. The van der Waals surface area contributed by atoms with Crippen molar-refractivity contribution in [2.75, 3.05) is 6.54 Å². The van der Waals surface area contributed by atoms with E-state index in [0.29, 0.717) is 0 Å². The Morgan fingerprint density at radius 3 is 2.94 bits per heavy atom. The summed E-state index contributed by atoms with van der Waals surface area (Å²) in [5.41, 5.74) is 1.25. The molecule has 3 unspecified atom stereocenters. The molecule has 0 amide bonds. The second-order valence-electron chi connectivity index (χ2n) is 5.28. The van der Waals surface area contributed by atoms with Gasteiger partial charge < -0.3 is 5.32 Å². The lowest BCUT2D eigenvalue weighted by atomic mass is 9.91. The molecule has 0 bridgehead atoms. The van der Waals surface area contributed by atoms with Gasteiger partial charge in [-0.15, -0.1) is 0 Å². The lowest BCUT2D eigenvalue weighted by molar-refractivity contribution is 0.349. The number of hydrogen-bond acceptors (Lipinski definition) is 2. The Hall–Kier alpha value is -0.890. The smallest absolute Gasteiger partial charge is 0.0406 e. The van der Waals surface area contributed by atoms with Crippen LogP contribution in [0.2, 0.25) is 0 Å². The van der Waals surface area contributed by atoms with Crippen molar-refractivity contribution in [2.45, 2.75) is 45.6 Å². The van der Waals surface area contributed by atoms with Gasteiger partial charge in [0.15, 0.2) is 0 Å². The summed E-state index contributed by atoms with van der Waals surface area (Å²) in [6.07, 6.45) is 6.96. The van der Waals surface area contributed by atoms with Crippen LogP contribution in [0.3, 0.4) is 0 Å². The first-order chi connectivity index (χ1) is 8.31. The lowest BCUT2D eigenvalue weighted by Gasteiger charge is -2.21. The van der Waals surface area contributed by atoms with Gasteiger partial charge in [0.1, 0.15) is 0 Å². The van der Waals surface area contributed by atoms with E-state index in [1.165, 1.54) is 25.0 Å². The maximum atomic E-state index is 4.44. The molecule has 1 aromatic rings. The molecule has 1 fully saturated rings. The molecule has 0 aromatic carbocycles. The third kappa shape index (κ3) is 3.29. The van der Waals surface area contributed by atoms with Crippen molar-refractivity contribution in [3.63, 3.8) is 0 Å². The van der Waals surface area contributed by atoms with E-state index in [4.69, 9.17) is 0 Å². The van der Waals surface area contributed by atoms with Crippen LogP contribution in [0.15, 0.2) is 24.4 Å². The third-order valence-corrected chi connectivity index (χ3v) is 4.08.